The molecule has 1 aromatic carbocycles. The van der Waals surface area contributed by atoms with Crippen LogP contribution in [0.1, 0.15) is 24.8 Å². The standard InChI is InChI=1S/C20H26N4O4S/c1-15-4-2-3-5-18(15)22-9-11-23(12-10-22)20(26)17-6-7-19(25)24(21-17)16-8-13-29(27,28)14-16/h2-5,16H,6-14H2,1H3/t16-/m1/s1. The Morgan fingerprint density at radius 1 is 1.10 bits per heavy atom. The summed E-state index contributed by atoms with van der Waals surface area (Å²) in [4.78, 5) is 29.3. The summed E-state index contributed by atoms with van der Waals surface area (Å²) in [5.74, 6) is -0.347. The summed E-state index contributed by atoms with van der Waals surface area (Å²) >= 11 is 0. The minimum Gasteiger partial charge on any atom is -0.368 e. The Kier molecular flexibility index (Phi) is 5.33. The third kappa shape index (κ3) is 4.14. The Hall–Kier alpha value is -2.42. The van der Waals surface area contributed by atoms with Crippen LogP contribution in [0.15, 0.2) is 29.4 Å². The van der Waals surface area contributed by atoms with E-state index in [9.17, 15) is 18.0 Å². The lowest BCUT2D eigenvalue weighted by Gasteiger charge is -2.37. The van der Waals surface area contributed by atoms with Crippen molar-refractivity contribution in [1.82, 2.24) is 9.91 Å². The lowest BCUT2D eigenvalue weighted by molar-refractivity contribution is -0.134. The molecule has 0 radical (unpaired) electrons. The van der Waals surface area contributed by atoms with Crippen molar-refractivity contribution in [3.8, 4) is 0 Å². The summed E-state index contributed by atoms with van der Waals surface area (Å²) in [7, 11) is -3.13. The smallest absolute Gasteiger partial charge is 0.270 e. The Bertz CT molecular complexity index is 951. The molecule has 0 aliphatic carbocycles. The van der Waals surface area contributed by atoms with Crippen LogP contribution in [0.25, 0.3) is 0 Å². The number of hydrogen-bond donors (Lipinski definition) is 0. The Morgan fingerprint density at radius 3 is 2.48 bits per heavy atom. The number of rotatable bonds is 3. The number of amides is 2. The number of carbonyl (C=O) groups excluding carboxylic acids is 2. The van der Waals surface area contributed by atoms with Crippen molar-refractivity contribution in [2.45, 2.75) is 32.2 Å². The van der Waals surface area contributed by atoms with E-state index in [2.05, 4.69) is 29.1 Å². The summed E-state index contributed by atoms with van der Waals surface area (Å²) in [6, 6.07) is 7.76. The van der Waals surface area contributed by atoms with E-state index in [1.54, 1.807) is 4.90 Å². The molecule has 29 heavy (non-hydrogen) atoms. The number of para-hydroxylation sites is 1. The molecule has 8 nitrogen and oxygen atoms in total. The average molecular weight is 419 g/mol. The molecular weight excluding hydrogens is 392 g/mol. The van der Waals surface area contributed by atoms with Gasteiger partial charge in [0.25, 0.3) is 5.91 Å². The van der Waals surface area contributed by atoms with Gasteiger partial charge >= 0.3 is 0 Å². The van der Waals surface area contributed by atoms with Gasteiger partial charge in [0.1, 0.15) is 5.71 Å². The number of aryl methyl sites for hydroxylation is 1. The highest BCUT2D eigenvalue weighted by Gasteiger charge is 2.38. The molecule has 9 heteroatoms. The van der Waals surface area contributed by atoms with Crippen LogP contribution in [0.2, 0.25) is 0 Å². The first-order valence-corrected chi connectivity index (χ1v) is 11.9. The van der Waals surface area contributed by atoms with Gasteiger partial charge in [-0.05, 0) is 25.0 Å². The van der Waals surface area contributed by atoms with Crippen LogP contribution in [0.5, 0.6) is 0 Å². The number of nitrogens with zero attached hydrogens (tertiary/aromatic N) is 4. The van der Waals surface area contributed by atoms with Crippen molar-refractivity contribution in [3.63, 3.8) is 0 Å². The van der Waals surface area contributed by atoms with E-state index < -0.39 is 15.9 Å². The van der Waals surface area contributed by atoms with E-state index in [1.165, 1.54) is 16.3 Å². The number of sulfone groups is 1. The number of anilines is 1. The molecule has 3 heterocycles. The highest BCUT2D eigenvalue weighted by Crippen LogP contribution is 2.24. The lowest BCUT2D eigenvalue weighted by atomic mass is 10.1. The van der Waals surface area contributed by atoms with Gasteiger partial charge in [-0.15, -0.1) is 0 Å². The van der Waals surface area contributed by atoms with Gasteiger partial charge in [0.15, 0.2) is 9.84 Å². The van der Waals surface area contributed by atoms with Crippen molar-refractivity contribution in [1.29, 1.82) is 0 Å². The Labute approximate surface area is 171 Å². The van der Waals surface area contributed by atoms with Crippen LogP contribution in [-0.2, 0) is 19.4 Å². The first-order valence-electron chi connectivity index (χ1n) is 10.0. The summed E-state index contributed by atoms with van der Waals surface area (Å²) in [5, 5.41) is 5.56. The fraction of sp³-hybridized carbons (Fsp3) is 0.550. The van der Waals surface area contributed by atoms with Crippen LogP contribution in [0.4, 0.5) is 5.69 Å². The van der Waals surface area contributed by atoms with E-state index in [4.69, 9.17) is 0 Å². The third-order valence-corrected chi connectivity index (χ3v) is 7.63. The van der Waals surface area contributed by atoms with E-state index in [1.807, 2.05) is 12.1 Å². The second-order valence-electron chi connectivity index (χ2n) is 7.91. The van der Waals surface area contributed by atoms with Crippen LogP contribution in [0.3, 0.4) is 0 Å². The maximum atomic E-state index is 13.0. The van der Waals surface area contributed by atoms with Gasteiger partial charge in [-0.1, -0.05) is 18.2 Å². The van der Waals surface area contributed by atoms with Crippen molar-refractivity contribution in [2.24, 2.45) is 5.10 Å². The van der Waals surface area contributed by atoms with Crippen molar-refractivity contribution < 1.29 is 18.0 Å². The predicted octanol–water partition coefficient (Wildman–Crippen LogP) is 0.809. The topological polar surface area (TPSA) is 90.4 Å². The summed E-state index contributed by atoms with van der Waals surface area (Å²) in [5.41, 5.74) is 2.76. The quantitative estimate of drug-likeness (QED) is 0.725. The molecule has 1 atom stereocenters. The van der Waals surface area contributed by atoms with E-state index >= 15 is 0 Å². The van der Waals surface area contributed by atoms with E-state index in [-0.39, 0.29) is 29.7 Å². The molecule has 0 N–H and O–H groups in total. The fourth-order valence-corrected chi connectivity index (χ4v) is 5.92. The predicted molar refractivity (Wildman–Crippen MR) is 111 cm³/mol. The molecule has 0 saturated carbocycles. The zero-order valence-corrected chi connectivity index (χ0v) is 17.4. The van der Waals surface area contributed by atoms with Gasteiger partial charge in [0.05, 0.1) is 17.5 Å². The minimum atomic E-state index is -3.13. The molecule has 3 aliphatic heterocycles. The largest absolute Gasteiger partial charge is 0.368 e. The van der Waals surface area contributed by atoms with Gasteiger partial charge in [-0.2, -0.15) is 5.10 Å². The molecule has 1 aromatic rings. The maximum Gasteiger partial charge on any atom is 0.270 e. The molecule has 2 fully saturated rings. The van der Waals surface area contributed by atoms with Crippen molar-refractivity contribution in [3.05, 3.63) is 29.8 Å². The molecule has 2 saturated heterocycles. The molecule has 2 amide bonds. The van der Waals surface area contributed by atoms with Crippen molar-refractivity contribution in [2.75, 3.05) is 42.6 Å². The first-order chi connectivity index (χ1) is 13.8. The van der Waals surface area contributed by atoms with Crippen LogP contribution < -0.4 is 4.90 Å². The normalized spacial score (nSPS) is 24.6. The van der Waals surface area contributed by atoms with Gasteiger partial charge in [-0.25, -0.2) is 13.4 Å². The maximum absolute atomic E-state index is 13.0. The number of benzene rings is 1. The molecule has 4 rings (SSSR count). The van der Waals surface area contributed by atoms with Gasteiger partial charge in [0, 0.05) is 44.7 Å². The van der Waals surface area contributed by atoms with Gasteiger partial charge < -0.3 is 9.80 Å². The van der Waals surface area contributed by atoms with E-state index in [0.29, 0.717) is 31.6 Å². The van der Waals surface area contributed by atoms with E-state index in [0.717, 1.165) is 13.1 Å². The first kappa shape index (κ1) is 19.9. The Morgan fingerprint density at radius 2 is 1.83 bits per heavy atom. The minimum absolute atomic E-state index is 0.0705. The number of piperazine rings is 1. The molecule has 0 spiro atoms. The summed E-state index contributed by atoms with van der Waals surface area (Å²) in [6.07, 6.45) is 0.893. The highest BCUT2D eigenvalue weighted by atomic mass is 32.2. The van der Waals surface area contributed by atoms with Crippen molar-refractivity contribution >= 4 is 33.1 Å². The molecule has 156 valence electrons. The molecule has 0 aromatic heterocycles. The number of hydrazone groups is 1. The average Bonchev–Trinajstić information content (AvgIpc) is 3.08. The number of carbonyl (C=O) groups is 2. The second-order valence-corrected chi connectivity index (χ2v) is 10.1. The zero-order chi connectivity index (χ0) is 20.6. The lowest BCUT2D eigenvalue weighted by Crippen LogP contribution is -2.52. The molecule has 0 bridgehead atoms. The molecule has 0 unspecified atom stereocenters. The van der Waals surface area contributed by atoms with Crippen LogP contribution in [-0.4, -0.2) is 79.6 Å². The second kappa shape index (κ2) is 7.78. The van der Waals surface area contributed by atoms with Crippen LogP contribution in [0, 0.1) is 6.92 Å². The highest BCUT2D eigenvalue weighted by molar-refractivity contribution is 7.91. The Balaban J connectivity index is 1.42. The molecular formula is C20H26N4O4S. The van der Waals surface area contributed by atoms with Crippen LogP contribution >= 0.6 is 0 Å². The van der Waals surface area contributed by atoms with Gasteiger partial charge in [-0.3, -0.25) is 9.59 Å². The summed E-state index contributed by atoms with van der Waals surface area (Å²) < 4.78 is 23.5. The fourth-order valence-electron chi connectivity index (χ4n) is 4.23. The SMILES string of the molecule is Cc1ccccc1N1CCN(C(=O)C2=NN([C@@H]3CCS(=O)(=O)C3)C(=O)CC2)CC1. The third-order valence-electron chi connectivity index (χ3n) is 5.88. The van der Waals surface area contributed by atoms with Gasteiger partial charge in [0.2, 0.25) is 5.91 Å². The zero-order valence-electron chi connectivity index (χ0n) is 16.6. The number of hydrogen-bond acceptors (Lipinski definition) is 6. The monoisotopic (exact) mass is 418 g/mol. The summed E-state index contributed by atoms with van der Waals surface area (Å²) in [6.45, 7) is 4.76. The molecule has 3 aliphatic rings.